The summed E-state index contributed by atoms with van der Waals surface area (Å²) in [4.78, 5) is 18.9. The lowest BCUT2D eigenvalue weighted by molar-refractivity contribution is -0.169. The van der Waals surface area contributed by atoms with Gasteiger partial charge in [-0.25, -0.2) is 32.1 Å². The number of methoxy groups -OCH3 is 1. The third-order valence-corrected chi connectivity index (χ3v) is 8.40. The summed E-state index contributed by atoms with van der Waals surface area (Å²) in [5, 5.41) is 4.90. The van der Waals surface area contributed by atoms with Crippen LogP contribution in [0.1, 0.15) is 5.69 Å². The van der Waals surface area contributed by atoms with Crippen molar-refractivity contribution in [1.82, 2.24) is 4.98 Å². The summed E-state index contributed by atoms with van der Waals surface area (Å²) in [6.45, 7) is -0.161. The molecule has 1 aliphatic heterocycles. The Morgan fingerprint density at radius 1 is 1.11 bits per heavy atom. The van der Waals surface area contributed by atoms with Gasteiger partial charge < -0.3 is 4.74 Å². The SMILES string of the molecule is COc1c(F)cc(F)cc1-c1ccc(N2C[C@@H](C(F)(F)F)CN(c3nc(C)c(S(N)(=O)=O)s3)C2=O)cc1. The van der Waals surface area contributed by atoms with Crippen LogP contribution in [0.2, 0.25) is 0 Å². The van der Waals surface area contributed by atoms with Gasteiger partial charge in [-0.2, -0.15) is 13.2 Å². The molecule has 1 atom stereocenters. The van der Waals surface area contributed by atoms with E-state index in [4.69, 9.17) is 9.88 Å². The number of aryl methyl sites for hydroxylation is 1. The van der Waals surface area contributed by atoms with E-state index in [2.05, 4.69) is 4.98 Å². The van der Waals surface area contributed by atoms with E-state index in [-0.39, 0.29) is 32.0 Å². The van der Waals surface area contributed by atoms with E-state index in [0.717, 1.165) is 15.9 Å². The number of urea groups is 1. The standard InChI is InChI=1S/C22H19F5N4O4S2/c1-11-19(37(28,33)34)36-20(29-11)31-10-13(22(25,26)27)9-30(21(31)32)15-5-3-12(4-6-15)16-7-14(23)8-17(24)18(16)35-2/h3-8,13H,9-10H2,1-2H3,(H2,28,33,34)/t13-/m1/s1. The van der Waals surface area contributed by atoms with Crippen LogP contribution < -0.4 is 19.7 Å². The number of sulfonamides is 1. The maximum Gasteiger partial charge on any atom is 0.395 e. The third kappa shape index (κ3) is 5.24. The molecule has 4 rings (SSSR count). The summed E-state index contributed by atoms with van der Waals surface area (Å²) in [7, 11) is -3.00. The molecule has 2 N–H and O–H groups in total. The molecule has 1 fully saturated rings. The minimum absolute atomic E-state index is 0.0448. The quantitative estimate of drug-likeness (QED) is 0.455. The van der Waals surface area contributed by atoms with Crippen LogP contribution in [0.25, 0.3) is 11.1 Å². The number of hydrogen-bond acceptors (Lipinski definition) is 6. The molecule has 0 unspecified atom stereocenters. The molecule has 2 heterocycles. The average Bonchev–Trinajstić information content (AvgIpc) is 3.20. The number of halogens is 5. The molecule has 0 saturated carbocycles. The van der Waals surface area contributed by atoms with Gasteiger partial charge in [0, 0.05) is 30.4 Å². The van der Waals surface area contributed by atoms with Gasteiger partial charge in [0.2, 0.25) is 10.0 Å². The number of ether oxygens (including phenoxy) is 1. The van der Waals surface area contributed by atoms with E-state index in [9.17, 15) is 35.2 Å². The minimum Gasteiger partial charge on any atom is -0.493 e. The second-order valence-corrected chi connectivity index (χ2v) is 10.9. The van der Waals surface area contributed by atoms with Crippen molar-refractivity contribution < 1.29 is 39.9 Å². The summed E-state index contributed by atoms with van der Waals surface area (Å²) >= 11 is 0.495. The van der Waals surface area contributed by atoms with Crippen molar-refractivity contribution in [1.29, 1.82) is 0 Å². The van der Waals surface area contributed by atoms with Gasteiger partial charge in [-0.15, -0.1) is 0 Å². The highest BCUT2D eigenvalue weighted by atomic mass is 32.2. The number of nitrogens with two attached hydrogens (primary N) is 1. The molecule has 3 aromatic rings. The minimum atomic E-state index is -4.68. The number of amides is 2. The van der Waals surface area contributed by atoms with Crippen LogP contribution in [0.5, 0.6) is 5.75 Å². The molecule has 15 heteroatoms. The maximum atomic E-state index is 14.1. The fourth-order valence-electron chi connectivity index (χ4n) is 3.93. The fraction of sp³-hybridized carbons (Fsp3) is 0.273. The van der Waals surface area contributed by atoms with E-state index in [1.807, 2.05) is 0 Å². The lowest BCUT2D eigenvalue weighted by Gasteiger charge is -2.39. The summed E-state index contributed by atoms with van der Waals surface area (Å²) in [5.74, 6) is -4.00. The maximum absolute atomic E-state index is 14.1. The number of benzene rings is 2. The number of nitrogens with zero attached hydrogens (tertiary/aromatic N) is 3. The topological polar surface area (TPSA) is 106 Å². The van der Waals surface area contributed by atoms with E-state index >= 15 is 0 Å². The van der Waals surface area contributed by atoms with Gasteiger partial charge in [-0.3, -0.25) is 9.80 Å². The molecule has 1 aliphatic rings. The third-order valence-electron chi connectivity index (χ3n) is 5.67. The number of rotatable bonds is 5. The largest absolute Gasteiger partial charge is 0.493 e. The molecule has 1 aromatic heterocycles. The van der Waals surface area contributed by atoms with Crippen LogP contribution in [0.3, 0.4) is 0 Å². The molecular formula is C22H19F5N4O4S2. The number of thiazole rings is 1. The molecule has 2 aromatic carbocycles. The summed E-state index contributed by atoms with van der Waals surface area (Å²) in [5.41, 5.74) is 0.390. The first-order chi connectivity index (χ1) is 17.2. The first kappa shape index (κ1) is 26.8. The van der Waals surface area contributed by atoms with Crippen molar-refractivity contribution in [2.75, 3.05) is 30.0 Å². The Labute approximate surface area is 212 Å². The fourth-order valence-corrected chi connectivity index (χ4v) is 5.88. The van der Waals surface area contributed by atoms with Crippen LogP contribution in [-0.4, -0.2) is 45.8 Å². The number of carbonyl (C=O) groups excluding carboxylic acids is 1. The highest BCUT2D eigenvalue weighted by molar-refractivity contribution is 7.91. The number of primary sulfonamides is 1. The highest BCUT2D eigenvalue weighted by Gasteiger charge is 2.48. The van der Waals surface area contributed by atoms with Gasteiger partial charge in [0.25, 0.3) is 0 Å². The lowest BCUT2D eigenvalue weighted by atomic mass is 10.0. The Morgan fingerprint density at radius 3 is 2.27 bits per heavy atom. The van der Waals surface area contributed by atoms with Crippen molar-refractivity contribution >= 4 is 38.2 Å². The van der Waals surface area contributed by atoms with Gasteiger partial charge in [0.05, 0.1) is 18.7 Å². The second-order valence-electron chi connectivity index (χ2n) is 8.17. The summed E-state index contributed by atoms with van der Waals surface area (Å²) in [6.07, 6.45) is -4.68. The van der Waals surface area contributed by atoms with Gasteiger partial charge in [-0.1, -0.05) is 23.5 Å². The zero-order valence-corrected chi connectivity index (χ0v) is 20.8. The first-order valence-corrected chi connectivity index (χ1v) is 12.9. The molecule has 0 bridgehead atoms. The van der Waals surface area contributed by atoms with E-state index < -0.39 is 52.9 Å². The Hall–Kier alpha value is -3.30. The average molecular weight is 563 g/mol. The van der Waals surface area contributed by atoms with Gasteiger partial charge >= 0.3 is 12.2 Å². The molecule has 198 valence electrons. The number of aromatic nitrogens is 1. The summed E-state index contributed by atoms with van der Waals surface area (Å²) < 4.78 is 97.4. The Morgan fingerprint density at radius 2 is 1.73 bits per heavy atom. The zero-order valence-electron chi connectivity index (χ0n) is 19.2. The van der Waals surface area contributed by atoms with Crippen molar-refractivity contribution in [2.45, 2.75) is 17.3 Å². The summed E-state index contributed by atoms with van der Waals surface area (Å²) in [6, 6.07) is 6.25. The predicted molar refractivity (Wildman–Crippen MR) is 126 cm³/mol. The van der Waals surface area contributed by atoms with E-state index in [0.29, 0.717) is 23.0 Å². The molecule has 1 saturated heterocycles. The zero-order chi connectivity index (χ0) is 27.3. The monoisotopic (exact) mass is 562 g/mol. The van der Waals surface area contributed by atoms with Gasteiger partial charge in [0.1, 0.15) is 5.82 Å². The molecule has 2 amide bonds. The molecule has 0 radical (unpaired) electrons. The molecule has 37 heavy (non-hydrogen) atoms. The van der Waals surface area contributed by atoms with Crippen molar-refractivity contribution in [3.63, 3.8) is 0 Å². The lowest BCUT2D eigenvalue weighted by Crippen LogP contribution is -2.57. The van der Waals surface area contributed by atoms with Crippen molar-refractivity contribution in [3.05, 3.63) is 53.7 Å². The van der Waals surface area contributed by atoms with E-state index in [1.54, 1.807) is 0 Å². The highest BCUT2D eigenvalue weighted by Crippen LogP contribution is 2.39. The number of carbonyl (C=O) groups is 1. The van der Waals surface area contributed by atoms with Crippen molar-refractivity contribution in [3.8, 4) is 16.9 Å². The predicted octanol–water partition coefficient (Wildman–Crippen LogP) is 4.68. The van der Waals surface area contributed by atoms with Crippen LogP contribution in [0.4, 0.5) is 37.6 Å². The van der Waals surface area contributed by atoms with Gasteiger partial charge in [0.15, 0.2) is 20.9 Å². The van der Waals surface area contributed by atoms with Crippen LogP contribution in [0, 0.1) is 24.5 Å². The Bertz CT molecular complexity index is 1460. The number of alkyl halides is 3. The van der Waals surface area contributed by atoms with E-state index in [1.165, 1.54) is 38.3 Å². The smallest absolute Gasteiger partial charge is 0.395 e. The Kier molecular flexibility index (Phi) is 6.90. The van der Waals surface area contributed by atoms with Crippen LogP contribution >= 0.6 is 11.3 Å². The Balaban J connectivity index is 1.73. The van der Waals surface area contributed by atoms with Crippen LogP contribution in [-0.2, 0) is 10.0 Å². The number of anilines is 2. The molecule has 8 nitrogen and oxygen atoms in total. The molecule has 0 aliphatic carbocycles. The molecular weight excluding hydrogens is 543 g/mol. The normalized spacial score (nSPS) is 16.9. The number of hydrogen-bond donors (Lipinski definition) is 1. The van der Waals surface area contributed by atoms with Crippen LogP contribution in [0.15, 0.2) is 40.6 Å². The second kappa shape index (κ2) is 9.54. The van der Waals surface area contributed by atoms with Gasteiger partial charge in [-0.05, 0) is 30.7 Å². The molecule has 0 spiro atoms. The van der Waals surface area contributed by atoms with Crippen molar-refractivity contribution in [2.24, 2.45) is 11.1 Å². The first-order valence-electron chi connectivity index (χ1n) is 10.5.